The Morgan fingerprint density at radius 1 is 1.47 bits per heavy atom. The van der Waals surface area contributed by atoms with Gasteiger partial charge in [0.2, 0.25) is 0 Å². The number of hydrogen-bond donors (Lipinski definition) is 1. The summed E-state index contributed by atoms with van der Waals surface area (Å²) in [5.74, 6) is -0.770. The summed E-state index contributed by atoms with van der Waals surface area (Å²) in [6.07, 6.45) is 1.97. The van der Waals surface area contributed by atoms with Crippen LogP contribution in [0.25, 0.3) is 5.69 Å². The van der Waals surface area contributed by atoms with Gasteiger partial charge in [-0.2, -0.15) is 0 Å². The molecule has 2 aromatic rings. The molecule has 1 fully saturated rings. The summed E-state index contributed by atoms with van der Waals surface area (Å²) in [4.78, 5) is 15.0. The van der Waals surface area contributed by atoms with Crippen LogP contribution in [0.1, 0.15) is 40.8 Å². The molecule has 0 amide bonds. The smallest absolute Gasteiger partial charge is 0.375 e. The van der Waals surface area contributed by atoms with Crippen molar-refractivity contribution in [1.82, 2.24) is 14.8 Å². The minimum atomic E-state index is -1.15. The summed E-state index contributed by atoms with van der Waals surface area (Å²) in [5, 5.41) is 13.0. The van der Waals surface area contributed by atoms with E-state index < -0.39 is 5.97 Å². The zero-order chi connectivity index (χ0) is 13.6. The van der Waals surface area contributed by atoms with Crippen LogP contribution in [0, 0.1) is 12.7 Å². The van der Waals surface area contributed by atoms with Crippen molar-refractivity contribution >= 4 is 5.97 Å². The van der Waals surface area contributed by atoms with Crippen LogP contribution in [-0.2, 0) is 0 Å². The van der Waals surface area contributed by atoms with E-state index in [1.807, 2.05) is 0 Å². The summed E-state index contributed by atoms with van der Waals surface area (Å²) in [7, 11) is 0. The monoisotopic (exact) mass is 261 g/mol. The molecular weight excluding hydrogens is 249 g/mol. The number of benzene rings is 1. The van der Waals surface area contributed by atoms with E-state index >= 15 is 0 Å². The zero-order valence-electron chi connectivity index (χ0n) is 10.3. The van der Waals surface area contributed by atoms with E-state index in [9.17, 15) is 9.18 Å². The van der Waals surface area contributed by atoms with E-state index in [0.717, 1.165) is 12.8 Å². The normalized spacial score (nSPS) is 14.6. The fraction of sp³-hybridized carbons (Fsp3) is 0.308. The third kappa shape index (κ3) is 2.09. The summed E-state index contributed by atoms with van der Waals surface area (Å²) in [6, 6.07) is 4.57. The molecular formula is C13H12FN3O2. The van der Waals surface area contributed by atoms with E-state index in [-0.39, 0.29) is 17.6 Å². The maximum Gasteiger partial charge on any atom is 0.375 e. The molecule has 5 nitrogen and oxygen atoms in total. The van der Waals surface area contributed by atoms with Gasteiger partial charge in [0, 0.05) is 5.92 Å². The van der Waals surface area contributed by atoms with Crippen molar-refractivity contribution in [2.75, 3.05) is 0 Å². The summed E-state index contributed by atoms with van der Waals surface area (Å²) in [6.45, 7) is 1.66. The van der Waals surface area contributed by atoms with E-state index in [4.69, 9.17) is 5.11 Å². The van der Waals surface area contributed by atoms with E-state index in [0.29, 0.717) is 17.1 Å². The molecule has 0 spiro atoms. The van der Waals surface area contributed by atoms with Gasteiger partial charge < -0.3 is 5.11 Å². The molecule has 98 valence electrons. The highest BCUT2D eigenvalue weighted by Crippen LogP contribution is 2.39. The Morgan fingerprint density at radius 2 is 2.21 bits per heavy atom. The van der Waals surface area contributed by atoms with E-state index in [1.165, 1.54) is 10.7 Å². The molecule has 1 heterocycles. The second kappa shape index (κ2) is 4.15. The van der Waals surface area contributed by atoms with Crippen molar-refractivity contribution in [2.24, 2.45) is 0 Å². The highest BCUT2D eigenvalue weighted by molar-refractivity contribution is 5.83. The number of aromatic nitrogens is 3. The minimum absolute atomic E-state index is 0.219. The molecule has 0 bridgehead atoms. The van der Waals surface area contributed by atoms with Crippen molar-refractivity contribution in [3.05, 3.63) is 41.2 Å². The lowest BCUT2D eigenvalue weighted by Gasteiger charge is -2.06. The molecule has 1 aliphatic carbocycles. The van der Waals surface area contributed by atoms with Gasteiger partial charge in [-0.05, 0) is 43.5 Å². The highest BCUT2D eigenvalue weighted by atomic mass is 19.1. The Balaban J connectivity index is 2.12. The van der Waals surface area contributed by atoms with Crippen molar-refractivity contribution in [3.8, 4) is 5.69 Å². The lowest BCUT2D eigenvalue weighted by Crippen LogP contribution is -2.04. The number of halogens is 1. The van der Waals surface area contributed by atoms with Gasteiger partial charge in [0.15, 0.2) is 0 Å². The fourth-order valence-corrected chi connectivity index (χ4v) is 1.97. The molecule has 0 radical (unpaired) electrons. The largest absolute Gasteiger partial charge is 0.475 e. The fourth-order valence-electron chi connectivity index (χ4n) is 1.97. The second-order valence-corrected chi connectivity index (χ2v) is 4.72. The van der Waals surface area contributed by atoms with Crippen molar-refractivity contribution < 1.29 is 14.3 Å². The quantitative estimate of drug-likeness (QED) is 0.920. The lowest BCUT2D eigenvalue weighted by atomic mass is 10.2. The molecule has 0 aliphatic heterocycles. The standard InChI is InChI=1S/C13H12FN3O2/c1-7-6-9(4-5-10(7)14)17-12(8-2-3-8)15-11(16-17)13(18)19/h4-6,8H,2-3H2,1H3,(H,18,19). The Morgan fingerprint density at radius 3 is 2.79 bits per heavy atom. The lowest BCUT2D eigenvalue weighted by molar-refractivity contribution is 0.0683. The Kier molecular flexibility index (Phi) is 2.58. The van der Waals surface area contributed by atoms with Crippen LogP contribution in [0.15, 0.2) is 18.2 Å². The second-order valence-electron chi connectivity index (χ2n) is 4.72. The van der Waals surface area contributed by atoms with Gasteiger partial charge in [-0.15, -0.1) is 5.10 Å². The number of aromatic carboxylic acids is 1. The van der Waals surface area contributed by atoms with Gasteiger partial charge in [0.1, 0.15) is 11.6 Å². The first-order valence-corrected chi connectivity index (χ1v) is 6.03. The average molecular weight is 261 g/mol. The summed E-state index contributed by atoms with van der Waals surface area (Å²) in [5.41, 5.74) is 1.13. The van der Waals surface area contributed by atoms with Crippen LogP contribution in [0.2, 0.25) is 0 Å². The van der Waals surface area contributed by atoms with Crippen LogP contribution in [0.5, 0.6) is 0 Å². The van der Waals surface area contributed by atoms with E-state index in [1.54, 1.807) is 19.1 Å². The molecule has 1 saturated carbocycles. The van der Waals surface area contributed by atoms with Crippen molar-refractivity contribution in [3.63, 3.8) is 0 Å². The van der Waals surface area contributed by atoms with Gasteiger partial charge in [0.05, 0.1) is 5.69 Å². The Hall–Kier alpha value is -2.24. The third-order valence-electron chi connectivity index (χ3n) is 3.15. The van der Waals surface area contributed by atoms with Crippen molar-refractivity contribution in [2.45, 2.75) is 25.7 Å². The topological polar surface area (TPSA) is 68.0 Å². The Bertz CT molecular complexity index is 662. The summed E-state index contributed by atoms with van der Waals surface area (Å²) < 4.78 is 14.8. The average Bonchev–Trinajstić information content (AvgIpc) is 3.11. The molecule has 1 aliphatic rings. The van der Waals surface area contributed by atoms with Crippen molar-refractivity contribution in [1.29, 1.82) is 0 Å². The minimum Gasteiger partial charge on any atom is -0.475 e. The number of carboxylic acid groups (broad SMARTS) is 1. The maximum atomic E-state index is 13.3. The van der Waals surface area contributed by atoms with Gasteiger partial charge in [-0.1, -0.05) is 0 Å². The van der Waals surface area contributed by atoms with Gasteiger partial charge in [0.25, 0.3) is 5.82 Å². The SMILES string of the molecule is Cc1cc(-n2nc(C(=O)O)nc2C2CC2)ccc1F. The summed E-state index contributed by atoms with van der Waals surface area (Å²) >= 11 is 0. The van der Waals surface area contributed by atoms with Crippen LogP contribution < -0.4 is 0 Å². The number of carboxylic acids is 1. The van der Waals surface area contributed by atoms with E-state index in [2.05, 4.69) is 10.1 Å². The molecule has 0 saturated heterocycles. The molecule has 0 atom stereocenters. The predicted molar refractivity (Wildman–Crippen MR) is 65.0 cm³/mol. The molecule has 0 unspecified atom stereocenters. The van der Waals surface area contributed by atoms with Crippen LogP contribution in [-0.4, -0.2) is 25.8 Å². The van der Waals surface area contributed by atoms with Crippen LogP contribution in [0.3, 0.4) is 0 Å². The highest BCUT2D eigenvalue weighted by Gasteiger charge is 2.31. The maximum absolute atomic E-state index is 13.3. The zero-order valence-corrected chi connectivity index (χ0v) is 10.3. The number of carbonyl (C=O) groups is 1. The molecule has 1 aromatic carbocycles. The molecule has 1 N–H and O–H groups in total. The Labute approximate surface area is 108 Å². The molecule has 1 aromatic heterocycles. The number of rotatable bonds is 3. The molecule has 3 rings (SSSR count). The van der Waals surface area contributed by atoms with Gasteiger partial charge in [-0.3, -0.25) is 0 Å². The number of hydrogen-bond acceptors (Lipinski definition) is 3. The first-order valence-electron chi connectivity index (χ1n) is 6.03. The van der Waals surface area contributed by atoms with Gasteiger partial charge >= 0.3 is 5.97 Å². The van der Waals surface area contributed by atoms with Gasteiger partial charge in [-0.25, -0.2) is 18.9 Å². The van der Waals surface area contributed by atoms with Crippen LogP contribution in [0.4, 0.5) is 4.39 Å². The molecule has 19 heavy (non-hydrogen) atoms. The third-order valence-corrected chi connectivity index (χ3v) is 3.15. The predicted octanol–water partition coefficient (Wildman–Crippen LogP) is 2.29. The molecule has 6 heteroatoms. The number of nitrogens with zero attached hydrogens (tertiary/aromatic N) is 3. The number of aryl methyl sites for hydroxylation is 1. The van der Waals surface area contributed by atoms with Crippen LogP contribution >= 0.6 is 0 Å². The first kappa shape index (κ1) is 11.8. The first-order chi connectivity index (χ1) is 9.06.